The fraction of sp³-hybridized carbons (Fsp3) is 0.297. The zero-order valence-corrected chi connectivity index (χ0v) is 77.9. The average molecular weight is 1850 g/mol. The Labute approximate surface area is 791 Å². The highest BCUT2D eigenvalue weighted by Gasteiger charge is 2.41. The van der Waals surface area contributed by atoms with Gasteiger partial charge >= 0.3 is 5.69 Å². The number of anilines is 1. The minimum Gasteiger partial charge on any atom is -0.507 e. The lowest BCUT2D eigenvalue weighted by Gasteiger charge is -2.46. The van der Waals surface area contributed by atoms with Gasteiger partial charge in [0.05, 0.1) is 98.5 Å². The Morgan fingerprint density at radius 1 is 0.423 bits per heavy atom. The van der Waals surface area contributed by atoms with Crippen LogP contribution in [0.15, 0.2) is 232 Å². The summed E-state index contributed by atoms with van der Waals surface area (Å²) in [5.41, 5.74) is 25.2. The molecule has 20 rings (SSSR count). The van der Waals surface area contributed by atoms with Crippen molar-refractivity contribution in [2.24, 2.45) is 0 Å². The number of hydrogen-bond donors (Lipinski definition) is 12. The molecule has 0 saturated carbocycles. The third-order valence-electron chi connectivity index (χ3n) is 24.1. The molecule has 0 aliphatic carbocycles. The first-order chi connectivity index (χ1) is 65.9. The van der Waals surface area contributed by atoms with E-state index in [1.165, 1.54) is 33.7 Å². The molecule has 0 atom stereocenters. The summed E-state index contributed by atoms with van der Waals surface area (Å²) >= 11 is 0. The Kier molecular flexibility index (Phi) is 28.6. The topological polar surface area (TPSA) is 482 Å². The van der Waals surface area contributed by atoms with Gasteiger partial charge in [0, 0.05) is 168 Å². The van der Waals surface area contributed by atoms with Gasteiger partial charge in [0.1, 0.15) is 53.3 Å². The molecule has 0 amide bonds. The summed E-state index contributed by atoms with van der Waals surface area (Å²) in [7, 11) is 2.11. The van der Waals surface area contributed by atoms with Crippen molar-refractivity contribution in [1.29, 1.82) is 0 Å². The van der Waals surface area contributed by atoms with Crippen molar-refractivity contribution < 1.29 is 39.9 Å². The first kappa shape index (κ1) is 94.6. The number of aromatic nitrogens is 20. The van der Waals surface area contributed by atoms with Crippen molar-refractivity contribution in [2.75, 3.05) is 58.6 Å². The number of phenolic OH excluding ortho intramolecular Hbond substituents is 5. The van der Waals surface area contributed by atoms with Crippen LogP contribution in [0.4, 0.5) is 11.4 Å². The molecule has 5 aliphatic rings. The monoisotopic (exact) mass is 1850 g/mol. The zero-order chi connectivity index (χ0) is 96.1. The SMILES string of the molecule is CC1(C)CC(Oc2ccc(-c3ccc(-n4cc(N)cn4)cc3O)nn2)CC(C)(C)N1.CC1(C)CC(Oc2ccc(-c3ccc(-n4cc([N+](=O)[O-])cn4)cc3O)nn2)CC(C)(C)N1.CCN1CC=C(c2ccc(-c3ccc(-c4cn[nH]c4)cc3O)nn2)CC1.CN1CC=C(c2ccc(-c3ccc(-c4cn[nH]c4)cc3O)nn2)CC1.Oc1cc(-c2cn[nH]c2)ccc1-c1ccc(C2=CCNCC2)nn1. The van der Waals surface area contributed by atoms with Crippen LogP contribution in [-0.2, 0) is 0 Å². The first-order valence-electron chi connectivity index (χ1n) is 45.3. The van der Waals surface area contributed by atoms with Crippen LogP contribution in [0.25, 0.3) is 118 Å². The molecule has 5 aromatic carbocycles. The van der Waals surface area contributed by atoms with Crippen LogP contribution < -0.4 is 31.2 Å². The van der Waals surface area contributed by atoms with Crippen molar-refractivity contribution in [3.05, 3.63) is 259 Å². The Morgan fingerprint density at radius 2 is 0.788 bits per heavy atom. The van der Waals surface area contributed by atoms with Gasteiger partial charge in [0.25, 0.3) is 0 Å². The number of aromatic amines is 3. The summed E-state index contributed by atoms with van der Waals surface area (Å²) in [6.45, 7) is 26.5. The average Bonchev–Trinajstić information content (AvgIpc) is 1.75. The lowest BCUT2D eigenvalue weighted by atomic mass is 9.81. The summed E-state index contributed by atoms with van der Waals surface area (Å²) in [4.78, 5) is 15.0. The molecule has 10 aromatic heterocycles. The smallest absolute Gasteiger partial charge is 0.307 e. The van der Waals surface area contributed by atoms with E-state index in [1.54, 1.807) is 121 Å². The van der Waals surface area contributed by atoms with Crippen LogP contribution in [0.5, 0.6) is 40.5 Å². The molecule has 36 nitrogen and oxygen atoms in total. The van der Waals surface area contributed by atoms with Gasteiger partial charge in [0.2, 0.25) is 11.8 Å². The number of nitrogens with one attached hydrogen (secondary N) is 6. The van der Waals surface area contributed by atoms with E-state index in [9.17, 15) is 35.6 Å². The fourth-order valence-corrected chi connectivity index (χ4v) is 17.8. The molecule has 0 bridgehead atoms. The second-order valence-corrected chi connectivity index (χ2v) is 37.0. The molecule has 2 fully saturated rings. The predicted octanol–water partition coefficient (Wildman–Crippen LogP) is 15.9. The fourth-order valence-electron chi connectivity index (χ4n) is 17.8. The summed E-state index contributed by atoms with van der Waals surface area (Å²) in [6, 6.07) is 45.4. The number of hydrogen-bond acceptors (Lipinski definition) is 30. The van der Waals surface area contributed by atoms with Gasteiger partial charge in [-0.05, 0) is 237 Å². The predicted molar refractivity (Wildman–Crippen MR) is 524 cm³/mol. The van der Waals surface area contributed by atoms with Crippen LogP contribution in [0, 0.1) is 10.1 Å². The number of aromatic hydroxyl groups is 5. The molecule has 36 heteroatoms. The van der Waals surface area contributed by atoms with Crippen LogP contribution in [0.2, 0.25) is 0 Å². The second-order valence-electron chi connectivity index (χ2n) is 37.0. The van der Waals surface area contributed by atoms with Crippen LogP contribution in [-0.4, -0.2) is 229 Å². The van der Waals surface area contributed by atoms with E-state index in [0.29, 0.717) is 85.1 Å². The van der Waals surface area contributed by atoms with Crippen molar-refractivity contribution >= 4 is 28.1 Å². The second kappa shape index (κ2) is 41.5. The molecule has 5 aliphatic heterocycles. The summed E-state index contributed by atoms with van der Waals surface area (Å²) in [5.74, 6) is 1.52. The van der Waals surface area contributed by atoms with Crippen LogP contribution >= 0.6 is 0 Å². The molecule has 0 unspecified atom stereocenters. The third kappa shape index (κ3) is 24.1. The highest BCUT2D eigenvalue weighted by molar-refractivity contribution is 5.79. The number of phenols is 5. The van der Waals surface area contributed by atoms with Crippen molar-refractivity contribution in [3.63, 3.8) is 0 Å². The lowest BCUT2D eigenvalue weighted by molar-refractivity contribution is -0.384. The number of ether oxygens (including phenoxy) is 2. The molecule has 0 spiro atoms. The number of nitro groups is 1. The number of likely N-dealkylation sites (N-methyl/N-ethyl adjacent to an activating group) is 2. The van der Waals surface area contributed by atoms with Gasteiger partial charge in [-0.25, -0.2) is 9.36 Å². The van der Waals surface area contributed by atoms with Crippen molar-refractivity contribution in [1.82, 2.24) is 127 Å². The Bertz CT molecular complexity index is 6710. The largest absolute Gasteiger partial charge is 0.507 e. The van der Waals surface area contributed by atoms with E-state index < -0.39 is 4.92 Å². The van der Waals surface area contributed by atoms with E-state index in [0.717, 1.165) is 147 Å². The van der Waals surface area contributed by atoms with E-state index in [2.05, 4.69) is 205 Å². The van der Waals surface area contributed by atoms with Crippen LogP contribution in [0.1, 0.15) is 124 Å². The van der Waals surface area contributed by atoms with Gasteiger partial charge in [-0.15, -0.1) is 35.7 Å². The molecule has 704 valence electrons. The maximum absolute atomic E-state index is 10.8. The van der Waals surface area contributed by atoms with Gasteiger partial charge < -0.3 is 61.6 Å². The zero-order valence-electron chi connectivity index (χ0n) is 77.9. The Hall–Kier alpha value is -15.6. The molecule has 15 aromatic rings. The number of benzene rings is 5. The molecule has 137 heavy (non-hydrogen) atoms. The minimum absolute atomic E-state index is 0.00738. The van der Waals surface area contributed by atoms with E-state index in [4.69, 9.17) is 15.2 Å². The number of nitrogens with zero attached hydrogens (tertiary/aromatic N) is 20. The van der Waals surface area contributed by atoms with E-state index in [1.807, 2.05) is 78.9 Å². The maximum Gasteiger partial charge on any atom is 0.307 e. The number of nitrogens with two attached hydrogens (primary N) is 1. The summed E-state index contributed by atoms with van der Waals surface area (Å²) in [5, 5.41) is 145. The molecule has 15 heterocycles. The normalized spacial score (nSPS) is 16.3. The molecule has 0 radical (unpaired) electrons. The van der Waals surface area contributed by atoms with Gasteiger partial charge in [-0.3, -0.25) is 30.3 Å². The van der Waals surface area contributed by atoms with Gasteiger partial charge in [-0.2, -0.15) is 40.8 Å². The van der Waals surface area contributed by atoms with Crippen molar-refractivity contribution in [2.45, 2.75) is 142 Å². The standard InChI is InChI=1S/C22H26N6O4.C22H28N6O2.C20H21N5O.C19H19N5O.C18H17N5O/c1-21(2)10-16(11-22(3,4)26-21)32-20-8-7-18(24-25-20)17-6-5-14(9-19(17)29)27-13-15(12-23-27)28(30)31;1-21(2)10-16(11-22(3,4)27-21)30-20-8-7-18(25-26-20)17-6-5-15(9-19(17)29)28-13-14(23)12-24-28;1-2-25-9-7-14(8-10-25)18-5-6-19(24-23-18)17-4-3-15(11-20(17)26)16-12-21-22-13-16;1-24-8-6-13(7-9-24)17-4-5-18(23-22-17)16-3-2-14(10-19(16)25)15-11-20-21-12-15;24-18-9-13(14-10-20-21-11-14)1-2-15(18)17-4-3-16(22-23-17)12-5-7-19-8-6-12/h5-9,12-13,16,26,29H,10-11H2,1-4H3;5-9,12-13,16,27,29H,10-11,23H2,1-4H3;3-7,11-13,26H,2,8-10H2,1H3,(H,21,22);2-6,10-12,25H,7-9H2,1H3,(H,20,21);1-5,9-11,19,24H,6-8H2,(H,20,21). The van der Waals surface area contributed by atoms with Crippen LogP contribution in [0.3, 0.4) is 0 Å². The molecule has 2 saturated heterocycles. The summed E-state index contributed by atoms with van der Waals surface area (Å²) < 4.78 is 15.2. The lowest BCUT2D eigenvalue weighted by Crippen LogP contribution is -2.60. The van der Waals surface area contributed by atoms with E-state index >= 15 is 0 Å². The number of H-pyrrole nitrogens is 3. The number of rotatable bonds is 19. The van der Waals surface area contributed by atoms with E-state index in [-0.39, 0.29) is 68.8 Å². The van der Waals surface area contributed by atoms with Gasteiger partial charge in [-0.1, -0.05) is 43.4 Å². The number of piperidine rings is 2. The first-order valence-corrected chi connectivity index (χ1v) is 45.3. The van der Waals surface area contributed by atoms with Gasteiger partial charge in [0.15, 0.2) is 0 Å². The third-order valence-corrected chi connectivity index (χ3v) is 24.1. The van der Waals surface area contributed by atoms with Crippen molar-refractivity contribution in [3.8, 4) is 142 Å². The molecular weight excluding hydrogens is 1740 g/mol. The quantitative estimate of drug-likeness (QED) is 0.0264. The number of nitrogen functional groups attached to an aromatic ring is 1. The Balaban J connectivity index is 0.000000124. The maximum atomic E-state index is 10.8. The highest BCUT2D eigenvalue weighted by atomic mass is 16.6. The Morgan fingerprint density at radius 3 is 1.09 bits per heavy atom. The molecular formula is C101H111N27O9. The highest BCUT2D eigenvalue weighted by Crippen LogP contribution is 2.41. The molecule has 13 N–H and O–H groups in total. The summed E-state index contributed by atoms with van der Waals surface area (Å²) in [6.07, 6.45) is 29.3. The minimum atomic E-state index is -0.525.